The number of likely N-dealkylation sites (N-methyl/N-ethyl adjacent to an activating group) is 1. The topological polar surface area (TPSA) is 59.5 Å². The fraction of sp³-hybridized carbons (Fsp3) is 0.545. The Bertz CT molecular complexity index is 306. The van der Waals surface area contributed by atoms with Crippen molar-refractivity contribution in [3.05, 3.63) is 24.2 Å². The van der Waals surface area contributed by atoms with Gasteiger partial charge in [-0.05, 0) is 18.1 Å². The van der Waals surface area contributed by atoms with Crippen LogP contribution in [0.25, 0.3) is 0 Å². The van der Waals surface area contributed by atoms with Crippen molar-refractivity contribution in [1.29, 1.82) is 0 Å². The highest BCUT2D eigenvalue weighted by Gasteiger charge is 2.21. The maximum absolute atomic E-state index is 11.8. The average Bonchev–Trinajstić information content (AvgIpc) is 2.67. The van der Waals surface area contributed by atoms with Crippen LogP contribution in [-0.4, -0.2) is 23.9 Å². The van der Waals surface area contributed by atoms with Crippen molar-refractivity contribution in [2.24, 2.45) is 11.7 Å². The standard InChI is InChI=1S/C11H18N2O2/c1-8(2)10(12)11(14)13(3)7-9-5-4-6-15-9/h4-6,8,10H,7,12H2,1-3H3. The monoisotopic (exact) mass is 210 g/mol. The second-order valence-corrected chi connectivity index (χ2v) is 4.04. The van der Waals surface area contributed by atoms with Gasteiger partial charge >= 0.3 is 0 Å². The van der Waals surface area contributed by atoms with Gasteiger partial charge in [-0.25, -0.2) is 0 Å². The smallest absolute Gasteiger partial charge is 0.239 e. The van der Waals surface area contributed by atoms with Crippen molar-refractivity contribution < 1.29 is 9.21 Å². The summed E-state index contributed by atoms with van der Waals surface area (Å²) in [5.41, 5.74) is 5.77. The second-order valence-electron chi connectivity index (χ2n) is 4.04. The van der Waals surface area contributed by atoms with Gasteiger partial charge < -0.3 is 15.1 Å². The summed E-state index contributed by atoms with van der Waals surface area (Å²) in [6, 6.07) is 3.20. The van der Waals surface area contributed by atoms with Crippen LogP contribution < -0.4 is 5.73 Å². The van der Waals surface area contributed by atoms with Gasteiger partial charge in [-0.1, -0.05) is 13.8 Å². The highest BCUT2D eigenvalue weighted by atomic mass is 16.3. The third-order valence-electron chi connectivity index (χ3n) is 2.35. The van der Waals surface area contributed by atoms with Crippen LogP contribution in [-0.2, 0) is 11.3 Å². The predicted molar refractivity (Wildman–Crippen MR) is 58.0 cm³/mol. The van der Waals surface area contributed by atoms with E-state index in [1.54, 1.807) is 24.3 Å². The number of hydrogen-bond donors (Lipinski definition) is 1. The Hall–Kier alpha value is -1.29. The summed E-state index contributed by atoms with van der Waals surface area (Å²) < 4.78 is 5.16. The SMILES string of the molecule is CC(C)C(N)C(=O)N(C)Cc1ccco1. The van der Waals surface area contributed by atoms with Gasteiger partial charge in [0.25, 0.3) is 0 Å². The quantitative estimate of drug-likeness (QED) is 0.813. The number of furan rings is 1. The summed E-state index contributed by atoms with van der Waals surface area (Å²) in [5.74, 6) is 0.861. The average molecular weight is 210 g/mol. The zero-order valence-corrected chi connectivity index (χ0v) is 9.43. The molecule has 1 amide bonds. The lowest BCUT2D eigenvalue weighted by Crippen LogP contribution is -2.44. The molecule has 0 fully saturated rings. The summed E-state index contributed by atoms with van der Waals surface area (Å²) in [7, 11) is 1.73. The molecule has 0 saturated heterocycles. The Kier molecular flexibility index (Phi) is 3.91. The molecule has 0 bridgehead atoms. The molecule has 0 saturated carbocycles. The molecule has 1 aromatic heterocycles. The Balaban J connectivity index is 2.54. The first kappa shape index (κ1) is 11.8. The lowest BCUT2D eigenvalue weighted by Gasteiger charge is -2.22. The highest BCUT2D eigenvalue weighted by Crippen LogP contribution is 2.07. The molecule has 1 aromatic rings. The van der Waals surface area contributed by atoms with E-state index in [2.05, 4.69) is 0 Å². The Morgan fingerprint density at radius 1 is 1.60 bits per heavy atom. The van der Waals surface area contributed by atoms with Gasteiger partial charge in [-0.2, -0.15) is 0 Å². The van der Waals surface area contributed by atoms with Crippen molar-refractivity contribution in [1.82, 2.24) is 4.90 Å². The largest absolute Gasteiger partial charge is 0.467 e. The van der Waals surface area contributed by atoms with Crippen LogP contribution in [0.1, 0.15) is 19.6 Å². The van der Waals surface area contributed by atoms with Gasteiger partial charge in [0.1, 0.15) is 5.76 Å². The summed E-state index contributed by atoms with van der Waals surface area (Å²) >= 11 is 0. The zero-order valence-electron chi connectivity index (χ0n) is 9.43. The minimum absolute atomic E-state index is 0.0543. The van der Waals surface area contributed by atoms with Gasteiger partial charge in [0.05, 0.1) is 18.8 Å². The summed E-state index contributed by atoms with van der Waals surface area (Å²) in [6.07, 6.45) is 1.59. The number of nitrogens with two attached hydrogens (primary N) is 1. The van der Waals surface area contributed by atoms with E-state index in [-0.39, 0.29) is 11.8 Å². The molecule has 0 aliphatic heterocycles. The number of rotatable bonds is 4. The molecule has 4 heteroatoms. The molecule has 0 aliphatic rings. The normalized spacial score (nSPS) is 12.9. The second kappa shape index (κ2) is 4.98. The molecule has 84 valence electrons. The van der Waals surface area contributed by atoms with E-state index in [1.165, 1.54) is 0 Å². The van der Waals surface area contributed by atoms with E-state index >= 15 is 0 Å². The highest BCUT2D eigenvalue weighted by molar-refractivity contribution is 5.81. The van der Waals surface area contributed by atoms with Gasteiger partial charge in [0.2, 0.25) is 5.91 Å². The molecule has 1 atom stereocenters. The first-order chi connectivity index (χ1) is 7.02. The summed E-state index contributed by atoms with van der Waals surface area (Å²) in [4.78, 5) is 13.4. The third-order valence-corrected chi connectivity index (χ3v) is 2.35. The molecule has 0 spiro atoms. The van der Waals surface area contributed by atoms with Gasteiger partial charge in [-0.3, -0.25) is 4.79 Å². The van der Waals surface area contributed by atoms with Crippen molar-refractivity contribution >= 4 is 5.91 Å². The molecule has 1 rings (SSSR count). The maximum atomic E-state index is 11.8. The molecule has 0 aromatic carbocycles. The van der Waals surface area contributed by atoms with Crippen LogP contribution in [0.4, 0.5) is 0 Å². The molecular formula is C11H18N2O2. The van der Waals surface area contributed by atoms with Crippen LogP contribution in [0.3, 0.4) is 0 Å². The fourth-order valence-corrected chi connectivity index (χ4v) is 1.25. The van der Waals surface area contributed by atoms with Crippen LogP contribution in [0.15, 0.2) is 22.8 Å². The van der Waals surface area contributed by atoms with Crippen molar-refractivity contribution in [3.63, 3.8) is 0 Å². The molecule has 1 heterocycles. The first-order valence-electron chi connectivity index (χ1n) is 5.05. The lowest BCUT2D eigenvalue weighted by molar-refractivity contribution is -0.133. The van der Waals surface area contributed by atoms with E-state index in [4.69, 9.17) is 10.2 Å². The first-order valence-corrected chi connectivity index (χ1v) is 5.05. The predicted octanol–water partition coefficient (Wildman–Crippen LogP) is 1.22. The maximum Gasteiger partial charge on any atom is 0.239 e. The van der Waals surface area contributed by atoms with Crippen molar-refractivity contribution in [2.75, 3.05) is 7.05 Å². The molecule has 2 N–H and O–H groups in total. The molecule has 0 radical (unpaired) electrons. The number of nitrogens with zero attached hydrogens (tertiary/aromatic N) is 1. The van der Waals surface area contributed by atoms with Gasteiger partial charge in [0, 0.05) is 7.05 Å². The summed E-state index contributed by atoms with van der Waals surface area (Å²) in [6.45, 7) is 4.33. The van der Waals surface area contributed by atoms with Crippen LogP contribution in [0.2, 0.25) is 0 Å². The lowest BCUT2D eigenvalue weighted by atomic mass is 10.0. The number of amides is 1. The van der Waals surface area contributed by atoms with Gasteiger partial charge in [0.15, 0.2) is 0 Å². The molecule has 0 aliphatic carbocycles. The van der Waals surface area contributed by atoms with Crippen molar-refractivity contribution in [2.45, 2.75) is 26.4 Å². The van der Waals surface area contributed by atoms with Crippen LogP contribution >= 0.6 is 0 Å². The van der Waals surface area contributed by atoms with E-state index in [0.29, 0.717) is 6.54 Å². The molecule has 1 unspecified atom stereocenters. The van der Waals surface area contributed by atoms with E-state index in [1.807, 2.05) is 19.9 Å². The van der Waals surface area contributed by atoms with Gasteiger partial charge in [-0.15, -0.1) is 0 Å². The Morgan fingerprint density at radius 3 is 2.73 bits per heavy atom. The minimum atomic E-state index is -0.440. The number of hydrogen-bond acceptors (Lipinski definition) is 3. The molecule has 4 nitrogen and oxygen atoms in total. The molecular weight excluding hydrogens is 192 g/mol. The number of carbonyl (C=O) groups is 1. The minimum Gasteiger partial charge on any atom is -0.467 e. The van der Waals surface area contributed by atoms with Crippen LogP contribution in [0.5, 0.6) is 0 Å². The van der Waals surface area contributed by atoms with E-state index < -0.39 is 6.04 Å². The third kappa shape index (κ3) is 3.09. The Morgan fingerprint density at radius 2 is 2.27 bits per heavy atom. The van der Waals surface area contributed by atoms with Crippen LogP contribution in [0, 0.1) is 5.92 Å². The Labute approximate surface area is 90.0 Å². The van der Waals surface area contributed by atoms with Crippen molar-refractivity contribution in [3.8, 4) is 0 Å². The fourth-order valence-electron chi connectivity index (χ4n) is 1.25. The van der Waals surface area contributed by atoms with E-state index in [0.717, 1.165) is 5.76 Å². The van der Waals surface area contributed by atoms with E-state index in [9.17, 15) is 4.79 Å². The number of carbonyl (C=O) groups excluding carboxylic acids is 1. The summed E-state index contributed by atoms with van der Waals surface area (Å²) in [5, 5.41) is 0. The molecule has 15 heavy (non-hydrogen) atoms. The zero-order chi connectivity index (χ0) is 11.4.